The molecule has 301 valence electrons. The van der Waals surface area contributed by atoms with E-state index in [1.807, 2.05) is 50.2 Å². The molecule has 0 aromatic heterocycles. The van der Waals surface area contributed by atoms with Crippen molar-refractivity contribution in [3.8, 4) is 22.3 Å². The van der Waals surface area contributed by atoms with Crippen molar-refractivity contribution in [2.75, 3.05) is 0 Å². The third-order valence-corrected chi connectivity index (χ3v) is 41.1. The van der Waals surface area contributed by atoms with Crippen LogP contribution >= 0.6 is 17.2 Å². The number of carbonyl (C=O) groups excluding carboxylic acids is 2. The zero-order valence-corrected chi connectivity index (χ0v) is 40.2. The summed E-state index contributed by atoms with van der Waals surface area (Å²) < 4.78 is -2.19. The van der Waals surface area contributed by atoms with Gasteiger partial charge in [0.1, 0.15) is 0 Å². The molecule has 2 aliphatic carbocycles. The Balaban J connectivity index is 1.51. The van der Waals surface area contributed by atoms with Crippen LogP contribution in [0, 0.1) is 27.7 Å². The number of aryl methyl sites for hydroxylation is 2. The number of amides is 2. The summed E-state index contributed by atoms with van der Waals surface area (Å²) in [4.78, 5) is 27.9. The van der Waals surface area contributed by atoms with E-state index in [2.05, 4.69) is 147 Å². The van der Waals surface area contributed by atoms with Gasteiger partial charge in [0.15, 0.2) is 0 Å². The Morgan fingerprint density at radius 2 is 0.883 bits per heavy atom. The number of carbonyl (C=O) groups is 2. The minimum atomic E-state index is -6.50. The van der Waals surface area contributed by atoms with Crippen LogP contribution in [-0.2, 0) is 25.5 Å². The molecule has 0 spiro atoms. The molecule has 2 N–H and O–H groups in total. The van der Waals surface area contributed by atoms with E-state index in [1.165, 1.54) is 22.3 Å². The van der Waals surface area contributed by atoms with Crippen LogP contribution in [0.15, 0.2) is 133 Å². The van der Waals surface area contributed by atoms with Crippen molar-refractivity contribution in [3.63, 3.8) is 0 Å². The van der Waals surface area contributed by atoms with Gasteiger partial charge < -0.3 is 0 Å². The molecule has 2 amide bonds. The molecule has 6 aromatic carbocycles. The quantitative estimate of drug-likeness (QED) is 0.127. The van der Waals surface area contributed by atoms with E-state index < -0.39 is 27.8 Å². The SMILES string of the molecule is CCC(=O)N[B](NC(=O)CC)[Hf]([Cl])([Cl])([CH]1C(c2ccccc2)=Cc2c(-c3cccc(C)c3C)cccc21)[CH]1C(c2ccccc2)=Cc2c(-c3cccc(C)c3C)cccc21. The first kappa shape index (κ1) is 42.0. The molecule has 0 saturated carbocycles. The van der Waals surface area contributed by atoms with E-state index in [1.54, 1.807) is 0 Å². The van der Waals surface area contributed by atoms with Gasteiger partial charge >= 0.3 is 366 Å². The van der Waals surface area contributed by atoms with Crippen LogP contribution < -0.4 is 10.5 Å². The van der Waals surface area contributed by atoms with Gasteiger partial charge in [-0.1, -0.05) is 0 Å². The normalized spacial score (nSPS) is 16.2. The number of hydrogen-bond acceptors (Lipinski definition) is 2. The standard InChI is InChI=1S/2C23H19.C6H11BN2O2.2ClH.Hf/c2*1-16-8-6-12-21(17(16)2)22-13-7-11-19-14-20(15-23(19)22)18-9-4-3-5-10-18;1-3-5(10)8-7-9-6(11)4-2;;;/h2*3-15H,1-2H3;3-4H2,1-2H3,(H-,8,9,10,11);2*1H;/q;;;;;+1/p-1. The predicted octanol–water partition coefficient (Wildman–Crippen LogP) is 13.2. The topological polar surface area (TPSA) is 58.2 Å². The van der Waals surface area contributed by atoms with Crippen molar-refractivity contribution in [1.82, 2.24) is 10.5 Å². The molecule has 2 aliphatic rings. The van der Waals surface area contributed by atoms with Crippen molar-refractivity contribution >= 4 is 56.8 Å². The Kier molecular flexibility index (Phi) is 11.6. The van der Waals surface area contributed by atoms with Gasteiger partial charge in [0.05, 0.1) is 0 Å². The summed E-state index contributed by atoms with van der Waals surface area (Å²) in [5.41, 5.74) is 17.3. The van der Waals surface area contributed by atoms with Crippen molar-refractivity contribution in [2.24, 2.45) is 0 Å². The molecule has 60 heavy (non-hydrogen) atoms. The number of nitrogens with one attached hydrogen (secondary N) is 2. The van der Waals surface area contributed by atoms with Gasteiger partial charge in [0, 0.05) is 0 Å². The zero-order chi connectivity index (χ0) is 42.4. The summed E-state index contributed by atoms with van der Waals surface area (Å²) in [6.45, 7) is 12.3. The molecule has 6 aromatic rings. The summed E-state index contributed by atoms with van der Waals surface area (Å²) in [6.07, 6.45) is 4.94. The Morgan fingerprint density at radius 3 is 1.27 bits per heavy atom. The van der Waals surface area contributed by atoms with E-state index >= 15 is 0 Å². The van der Waals surface area contributed by atoms with Crippen LogP contribution in [0.3, 0.4) is 0 Å². The van der Waals surface area contributed by atoms with E-state index in [0.29, 0.717) is 0 Å². The van der Waals surface area contributed by atoms with Crippen molar-refractivity contribution in [3.05, 3.63) is 189 Å². The average molecular weight is 995 g/mol. The molecule has 0 saturated heterocycles. The molecular weight excluding hydrogens is 945 g/mol. The number of allylic oxidation sites excluding steroid dienone is 2. The fourth-order valence-electron chi connectivity index (χ4n) is 9.65. The second kappa shape index (κ2) is 16.6. The molecule has 8 rings (SSSR count). The van der Waals surface area contributed by atoms with E-state index in [4.69, 9.17) is 17.2 Å². The van der Waals surface area contributed by atoms with Gasteiger partial charge in [-0.2, -0.15) is 0 Å². The number of halogens is 2. The van der Waals surface area contributed by atoms with Crippen LogP contribution in [0.2, 0.25) is 0 Å². The van der Waals surface area contributed by atoms with Crippen LogP contribution in [-0.4, -0.2) is 16.4 Å². The van der Waals surface area contributed by atoms with Crippen molar-refractivity contribution in [1.29, 1.82) is 0 Å². The van der Waals surface area contributed by atoms with Crippen LogP contribution in [0.25, 0.3) is 45.6 Å². The number of hydrogen-bond donors (Lipinski definition) is 2. The molecule has 0 bridgehead atoms. The predicted molar refractivity (Wildman–Crippen MR) is 251 cm³/mol. The van der Waals surface area contributed by atoms with Gasteiger partial charge in [0.2, 0.25) is 0 Å². The fraction of sp³-hybridized carbons (Fsp3) is 0.192. The van der Waals surface area contributed by atoms with E-state index in [9.17, 15) is 9.59 Å². The summed E-state index contributed by atoms with van der Waals surface area (Å²) in [5, 5.41) is 6.61. The summed E-state index contributed by atoms with van der Waals surface area (Å²) >= 11 is -6.50. The van der Waals surface area contributed by atoms with E-state index in [0.717, 1.165) is 66.8 Å². The van der Waals surface area contributed by atoms with Gasteiger partial charge in [0.25, 0.3) is 0 Å². The van der Waals surface area contributed by atoms with Crippen LogP contribution in [0.4, 0.5) is 0 Å². The van der Waals surface area contributed by atoms with Crippen molar-refractivity contribution < 1.29 is 25.5 Å². The molecule has 0 aliphatic heterocycles. The number of rotatable bonds is 11. The third-order valence-electron chi connectivity index (χ3n) is 13.0. The Labute approximate surface area is 363 Å². The second-order valence-corrected chi connectivity index (χ2v) is 46.8. The summed E-state index contributed by atoms with van der Waals surface area (Å²) in [5.74, 6) is -0.471. The Hall–Kier alpha value is -4.74. The minimum absolute atomic E-state index is 0.192. The zero-order valence-electron chi connectivity index (χ0n) is 35.1. The Morgan fingerprint density at radius 1 is 0.517 bits per heavy atom. The molecule has 0 radical (unpaired) electrons. The van der Waals surface area contributed by atoms with Crippen LogP contribution in [0.5, 0.6) is 0 Å². The van der Waals surface area contributed by atoms with Crippen LogP contribution in [0.1, 0.15) is 89.7 Å². The molecule has 0 heterocycles. The number of benzene rings is 6. The first-order chi connectivity index (χ1) is 28.9. The number of fused-ring (bicyclic) bond motifs is 2. The second-order valence-electron chi connectivity index (χ2n) is 16.4. The molecule has 4 nitrogen and oxygen atoms in total. The van der Waals surface area contributed by atoms with Gasteiger partial charge in [-0.25, -0.2) is 0 Å². The molecule has 8 heteroatoms. The summed E-state index contributed by atoms with van der Waals surface area (Å²) in [6, 6.07) is 46.4. The first-order valence-corrected chi connectivity index (χ1v) is 36.1. The fourth-order valence-corrected chi connectivity index (χ4v) is 38.0. The maximum atomic E-state index is 13.9. The van der Waals surface area contributed by atoms with Crippen molar-refractivity contribution in [2.45, 2.75) is 61.7 Å². The third kappa shape index (κ3) is 7.09. The van der Waals surface area contributed by atoms with E-state index in [-0.39, 0.29) is 24.7 Å². The molecule has 0 fully saturated rings. The molecular formula is C52H50BCl2HfN2O2. The summed E-state index contributed by atoms with van der Waals surface area (Å²) in [7, 11) is 18.2. The molecule has 2 unspecified atom stereocenters. The monoisotopic (exact) mass is 995 g/mol. The first-order valence-electron chi connectivity index (χ1n) is 21.0. The van der Waals surface area contributed by atoms with Gasteiger partial charge in [-0.3, -0.25) is 0 Å². The Bertz CT molecular complexity index is 2550. The maximum absolute atomic E-state index is 13.9. The average Bonchev–Trinajstić information content (AvgIpc) is 3.88. The van der Waals surface area contributed by atoms with Gasteiger partial charge in [-0.05, 0) is 0 Å². The van der Waals surface area contributed by atoms with Gasteiger partial charge in [-0.15, -0.1) is 0 Å². The molecule has 2 atom stereocenters.